The Morgan fingerprint density at radius 2 is 2.33 bits per heavy atom. The quantitative estimate of drug-likeness (QED) is 0.542. The van der Waals surface area contributed by atoms with Gasteiger partial charge < -0.3 is 9.57 Å². The van der Waals surface area contributed by atoms with Crippen molar-refractivity contribution in [3.8, 4) is 11.8 Å². The first-order valence-corrected chi connectivity index (χ1v) is 4.55. The molecule has 0 amide bonds. The molecule has 0 atom stereocenters. The van der Waals surface area contributed by atoms with Crippen LogP contribution in [-0.4, -0.2) is 12.3 Å². The van der Waals surface area contributed by atoms with Crippen molar-refractivity contribution in [2.45, 2.75) is 6.42 Å². The summed E-state index contributed by atoms with van der Waals surface area (Å²) in [7, 11) is 0. The van der Waals surface area contributed by atoms with Crippen molar-refractivity contribution in [3.05, 3.63) is 36.4 Å². The van der Waals surface area contributed by atoms with Gasteiger partial charge in [0.15, 0.2) is 0 Å². The molecule has 1 aliphatic heterocycles. The van der Waals surface area contributed by atoms with Crippen LogP contribution in [0.5, 0.6) is 5.75 Å². The van der Waals surface area contributed by atoms with Crippen LogP contribution in [0.1, 0.15) is 12.0 Å². The third kappa shape index (κ3) is 2.08. The van der Waals surface area contributed by atoms with Gasteiger partial charge >= 0.3 is 0 Å². The fourth-order valence-electron chi connectivity index (χ4n) is 1.35. The average molecular weight is 201 g/mol. The minimum Gasteiger partial charge on any atom is -0.485 e. The zero-order valence-electron chi connectivity index (χ0n) is 8.01. The van der Waals surface area contributed by atoms with Crippen LogP contribution in [0.15, 0.2) is 29.4 Å². The first-order chi connectivity index (χ1) is 7.42. The zero-order chi connectivity index (χ0) is 10.5. The lowest BCUT2D eigenvalue weighted by Gasteiger charge is -2.17. The summed E-state index contributed by atoms with van der Waals surface area (Å²) in [6.45, 7) is 1.63. The van der Waals surface area contributed by atoms with Crippen molar-refractivity contribution in [2.24, 2.45) is 5.16 Å². The minimum absolute atomic E-state index is 0.0352. The van der Waals surface area contributed by atoms with E-state index >= 15 is 0 Å². The Bertz CT molecular complexity index is 421. The standard InChI is InChI=1S/C11H9N2O2/c12-6-8-15-13-10-5-7-14-11-4-2-1-3-9(10)11/h1-4,7H,5,8H2. The molecule has 0 spiro atoms. The van der Waals surface area contributed by atoms with Gasteiger partial charge in [-0.25, -0.2) is 0 Å². The van der Waals surface area contributed by atoms with E-state index in [0.29, 0.717) is 6.42 Å². The average Bonchev–Trinajstić information content (AvgIpc) is 2.30. The maximum atomic E-state index is 8.31. The van der Waals surface area contributed by atoms with Crippen molar-refractivity contribution >= 4 is 5.71 Å². The number of nitriles is 1. The number of oxime groups is 1. The number of benzene rings is 1. The van der Waals surface area contributed by atoms with Crippen molar-refractivity contribution in [1.82, 2.24) is 0 Å². The van der Waals surface area contributed by atoms with Crippen LogP contribution < -0.4 is 4.74 Å². The van der Waals surface area contributed by atoms with Gasteiger partial charge in [-0.05, 0) is 12.1 Å². The lowest BCUT2D eigenvalue weighted by molar-refractivity contribution is 0.177. The van der Waals surface area contributed by atoms with Crippen LogP contribution in [-0.2, 0) is 4.84 Å². The summed E-state index contributed by atoms with van der Waals surface area (Å²) in [6.07, 6.45) is 0.586. The second kappa shape index (κ2) is 4.47. The van der Waals surface area contributed by atoms with Gasteiger partial charge in [0.2, 0.25) is 6.61 Å². The van der Waals surface area contributed by atoms with Gasteiger partial charge in [0.1, 0.15) is 18.4 Å². The van der Waals surface area contributed by atoms with E-state index in [9.17, 15) is 0 Å². The van der Waals surface area contributed by atoms with Crippen molar-refractivity contribution in [3.63, 3.8) is 0 Å². The Morgan fingerprint density at radius 1 is 1.47 bits per heavy atom. The Morgan fingerprint density at radius 3 is 3.20 bits per heavy atom. The molecular weight excluding hydrogens is 192 g/mol. The third-order valence-electron chi connectivity index (χ3n) is 1.99. The molecule has 0 N–H and O–H groups in total. The number of hydrogen-bond donors (Lipinski definition) is 0. The van der Waals surface area contributed by atoms with Gasteiger partial charge in [-0.3, -0.25) is 0 Å². The molecule has 1 aromatic carbocycles. The number of ether oxygens (including phenoxy) is 1. The summed E-state index contributed by atoms with van der Waals surface area (Å²) >= 11 is 0. The summed E-state index contributed by atoms with van der Waals surface area (Å²) in [5, 5.41) is 12.2. The summed E-state index contributed by atoms with van der Waals surface area (Å²) in [5.74, 6) is 0.767. The molecule has 1 heterocycles. The van der Waals surface area contributed by atoms with Crippen LogP contribution in [0, 0.1) is 17.9 Å². The zero-order valence-corrected chi connectivity index (χ0v) is 8.01. The van der Waals surface area contributed by atoms with Gasteiger partial charge in [0, 0.05) is 12.0 Å². The topological polar surface area (TPSA) is 54.6 Å². The van der Waals surface area contributed by atoms with Crippen LogP contribution in [0.2, 0.25) is 0 Å². The highest BCUT2D eigenvalue weighted by atomic mass is 16.6. The highest BCUT2D eigenvalue weighted by molar-refractivity contribution is 6.03. The molecule has 75 valence electrons. The van der Waals surface area contributed by atoms with Gasteiger partial charge in [0.25, 0.3) is 0 Å². The van der Waals surface area contributed by atoms with E-state index in [4.69, 9.17) is 14.8 Å². The van der Waals surface area contributed by atoms with E-state index in [2.05, 4.69) is 5.16 Å². The van der Waals surface area contributed by atoms with Crippen LogP contribution in [0.4, 0.5) is 0 Å². The van der Waals surface area contributed by atoms with E-state index in [1.54, 1.807) is 6.61 Å². The van der Waals surface area contributed by atoms with Crippen molar-refractivity contribution in [1.29, 1.82) is 5.26 Å². The molecule has 0 unspecified atom stereocenters. The Labute approximate surface area is 87.7 Å². The molecule has 1 radical (unpaired) electrons. The third-order valence-corrected chi connectivity index (χ3v) is 1.99. The van der Waals surface area contributed by atoms with Crippen LogP contribution in [0.25, 0.3) is 0 Å². The SMILES string of the molecule is N#CCON=C1C[CH]Oc2ccccc21. The lowest BCUT2D eigenvalue weighted by Crippen LogP contribution is -2.12. The molecule has 1 aliphatic rings. The molecule has 0 bridgehead atoms. The molecule has 0 fully saturated rings. The normalized spacial score (nSPS) is 16.3. The fourth-order valence-corrected chi connectivity index (χ4v) is 1.35. The Balaban J connectivity index is 2.22. The van der Waals surface area contributed by atoms with Crippen LogP contribution in [0.3, 0.4) is 0 Å². The maximum Gasteiger partial charge on any atom is 0.202 e. The highest BCUT2D eigenvalue weighted by Gasteiger charge is 2.16. The number of nitrogens with zero attached hydrogens (tertiary/aromatic N) is 2. The predicted molar refractivity (Wildman–Crippen MR) is 54.1 cm³/mol. The van der Waals surface area contributed by atoms with E-state index < -0.39 is 0 Å². The molecule has 0 aliphatic carbocycles. The summed E-state index contributed by atoms with van der Waals surface area (Å²) < 4.78 is 5.33. The second-order valence-electron chi connectivity index (χ2n) is 2.95. The van der Waals surface area contributed by atoms with E-state index in [0.717, 1.165) is 17.0 Å². The largest absolute Gasteiger partial charge is 0.485 e. The molecule has 1 aromatic rings. The van der Waals surface area contributed by atoms with Gasteiger partial charge in [-0.1, -0.05) is 17.3 Å². The van der Waals surface area contributed by atoms with Crippen molar-refractivity contribution in [2.75, 3.05) is 6.61 Å². The van der Waals surface area contributed by atoms with Gasteiger partial charge in [-0.2, -0.15) is 5.26 Å². The predicted octanol–water partition coefficient (Wildman–Crippen LogP) is 1.88. The van der Waals surface area contributed by atoms with E-state index in [1.807, 2.05) is 30.3 Å². The molecular formula is C11H9N2O2. The number of para-hydroxylation sites is 1. The highest BCUT2D eigenvalue weighted by Crippen LogP contribution is 2.25. The lowest BCUT2D eigenvalue weighted by atomic mass is 10.0. The molecule has 15 heavy (non-hydrogen) atoms. The number of fused-ring (bicyclic) bond motifs is 1. The summed E-state index contributed by atoms with van der Waals surface area (Å²) in [6, 6.07) is 9.44. The van der Waals surface area contributed by atoms with E-state index in [-0.39, 0.29) is 6.61 Å². The minimum atomic E-state index is -0.0352. The molecule has 4 nitrogen and oxygen atoms in total. The smallest absolute Gasteiger partial charge is 0.202 e. The fraction of sp³-hybridized carbons (Fsp3) is 0.182. The van der Waals surface area contributed by atoms with Gasteiger partial charge in [0.05, 0.1) is 5.71 Å². The Kier molecular flexibility index (Phi) is 2.84. The number of hydrogen-bond acceptors (Lipinski definition) is 4. The molecule has 4 heteroatoms. The van der Waals surface area contributed by atoms with Gasteiger partial charge in [-0.15, -0.1) is 0 Å². The summed E-state index contributed by atoms with van der Waals surface area (Å²) in [5.41, 5.74) is 1.70. The monoisotopic (exact) mass is 201 g/mol. The molecule has 0 saturated heterocycles. The summed E-state index contributed by atoms with van der Waals surface area (Å²) in [4.78, 5) is 4.83. The second-order valence-corrected chi connectivity index (χ2v) is 2.95. The van der Waals surface area contributed by atoms with Crippen LogP contribution >= 0.6 is 0 Å². The first kappa shape index (κ1) is 9.53. The maximum absolute atomic E-state index is 8.31. The Hall–Kier alpha value is -2.02. The molecule has 0 aromatic heterocycles. The van der Waals surface area contributed by atoms with Crippen molar-refractivity contribution < 1.29 is 9.57 Å². The van der Waals surface area contributed by atoms with E-state index in [1.165, 1.54) is 0 Å². The molecule has 2 rings (SSSR count). The number of rotatable bonds is 2. The molecule has 0 saturated carbocycles. The first-order valence-electron chi connectivity index (χ1n) is 4.55.